The Morgan fingerprint density at radius 3 is 3.00 bits per heavy atom. The largest absolute Gasteiger partial charge is 0.376 e. The zero-order chi connectivity index (χ0) is 11.8. The van der Waals surface area contributed by atoms with Gasteiger partial charge in [0.25, 0.3) is 0 Å². The Kier molecular flexibility index (Phi) is 6.37. The van der Waals surface area contributed by atoms with Gasteiger partial charge in [0.1, 0.15) is 0 Å². The van der Waals surface area contributed by atoms with Crippen LogP contribution in [0.1, 0.15) is 32.6 Å². The first kappa shape index (κ1) is 13.4. The van der Waals surface area contributed by atoms with Gasteiger partial charge in [-0.2, -0.15) is 0 Å². The van der Waals surface area contributed by atoms with Crippen molar-refractivity contribution in [3.63, 3.8) is 0 Å². The molecule has 0 saturated carbocycles. The molecule has 5 nitrogen and oxygen atoms in total. The van der Waals surface area contributed by atoms with Crippen LogP contribution in [0.15, 0.2) is 0 Å². The Labute approximate surface area is 97.3 Å². The predicted octanol–water partition coefficient (Wildman–Crippen LogP) is 0.257. The Balaban J connectivity index is 1.96. The minimum Gasteiger partial charge on any atom is -0.376 e. The van der Waals surface area contributed by atoms with Crippen LogP contribution in [0.3, 0.4) is 0 Å². The fraction of sp³-hybridized carbons (Fsp3) is 0.909. The third kappa shape index (κ3) is 5.44. The summed E-state index contributed by atoms with van der Waals surface area (Å²) in [4.78, 5) is 13.3. The Bertz CT molecular complexity index is 211. The number of morpholine rings is 1. The van der Waals surface area contributed by atoms with E-state index in [0.29, 0.717) is 12.5 Å². The molecule has 1 aliphatic rings. The summed E-state index contributed by atoms with van der Waals surface area (Å²) in [7, 11) is 0. The smallest absolute Gasteiger partial charge is 0.233 e. The molecule has 0 aromatic rings. The number of nitrogens with zero attached hydrogens (tertiary/aromatic N) is 1. The summed E-state index contributed by atoms with van der Waals surface area (Å²) in [5.74, 6) is 4.93. The first-order valence-electron chi connectivity index (χ1n) is 6.06. The summed E-state index contributed by atoms with van der Waals surface area (Å²) in [6.45, 7) is 6.13. The number of unbranched alkanes of at least 4 members (excludes halogenated alkanes) is 2. The van der Waals surface area contributed by atoms with E-state index in [4.69, 9.17) is 10.6 Å². The second-order valence-corrected chi connectivity index (χ2v) is 4.36. The van der Waals surface area contributed by atoms with Crippen LogP contribution in [-0.4, -0.2) is 43.2 Å². The molecule has 1 atom stereocenters. The van der Waals surface area contributed by atoms with E-state index in [0.717, 1.165) is 45.5 Å². The number of amides is 1. The maximum atomic E-state index is 10.9. The highest BCUT2D eigenvalue weighted by Crippen LogP contribution is 2.07. The molecule has 1 heterocycles. The molecule has 1 rings (SSSR count). The number of nitrogens with one attached hydrogen (secondary N) is 1. The van der Waals surface area contributed by atoms with Crippen molar-refractivity contribution in [2.24, 2.45) is 5.84 Å². The molecule has 1 fully saturated rings. The number of hydrogen-bond acceptors (Lipinski definition) is 4. The summed E-state index contributed by atoms with van der Waals surface area (Å²) in [6, 6.07) is 0. The molecule has 1 amide bonds. The highest BCUT2D eigenvalue weighted by atomic mass is 16.5. The topological polar surface area (TPSA) is 67.6 Å². The van der Waals surface area contributed by atoms with Crippen molar-refractivity contribution in [1.29, 1.82) is 0 Å². The fourth-order valence-electron chi connectivity index (χ4n) is 1.96. The quantitative estimate of drug-likeness (QED) is 0.297. The molecular formula is C11H23N3O2. The molecule has 5 heteroatoms. The zero-order valence-corrected chi connectivity index (χ0v) is 10.1. The van der Waals surface area contributed by atoms with E-state index in [1.807, 2.05) is 0 Å². The minimum atomic E-state index is -0.0694. The van der Waals surface area contributed by atoms with Gasteiger partial charge in [-0.05, 0) is 26.3 Å². The van der Waals surface area contributed by atoms with Crippen LogP contribution in [0.2, 0.25) is 0 Å². The number of nitrogens with two attached hydrogens (primary N) is 1. The Hall–Kier alpha value is -0.650. The van der Waals surface area contributed by atoms with Gasteiger partial charge in [0.05, 0.1) is 12.7 Å². The van der Waals surface area contributed by atoms with Crippen LogP contribution in [0.5, 0.6) is 0 Å². The van der Waals surface area contributed by atoms with Crippen LogP contribution >= 0.6 is 0 Å². The first-order chi connectivity index (χ1) is 7.72. The number of hydrogen-bond donors (Lipinski definition) is 2. The maximum absolute atomic E-state index is 10.9. The van der Waals surface area contributed by atoms with Crippen molar-refractivity contribution in [1.82, 2.24) is 10.3 Å². The third-order valence-electron chi connectivity index (χ3n) is 2.86. The van der Waals surface area contributed by atoms with E-state index in [2.05, 4.69) is 17.2 Å². The molecule has 16 heavy (non-hydrogen) atoms. The number of carbonyl (C=O) groups excluding carboxylic acids is 1. The van der Waals surface area contributed by atoms with E-state index in [1.54, 1.807) is 0 Å². The van der Waals surface area contributed by atoms with Gasteiger partial charge in [0, 0.05) is 19.5 Å². The predicted molar refractivity (Wildman–Crippen MR) is 62.7 cm³/mol. The van der Waals surface area contributed by atoms with Gasteiger partial charge in [-0.15, -0.1) is 0 Å². The minimum absolute atomic E-state index is 0.0694. The number of hydrazine groups is 1. The summed E-state index contributed by atoms with van der Waals surface area (Å²) in [5.41, 5.74) is 2.15. The molecular weight excluding hydrogens is 206 g/mol. The SMILES string of the molecule is CC1CN(CCCCCC(=O)NN)CCO1. The number of carbonyl (C=O) groups is 1. The Morgan fingerprint density at radius 1 is 1.50 bits per heavy atom. The van der Waals surface area contributed by atoms with Crippen molar-refractivity contribution in [3.8, 4) is 0 Å². The average Bonchev–Trinajstić information content (AvgIpc) is 2.28. The molecule has 0 aromatic carbocycles. The molecule has 94 valence electrons. The highest BCUT2D eigenvalue weighted by molar-refractivity contribution is 5.74. The molecule has 0 radical (unpaired) electrons. The lowest BCUT2D eigenvalue weighted by Crippen LogP contribution is -2.41. The van der Waals surface area contributed by atoms with E-state index in [9.17, 15) is 4.79 Å². The lowest BCUT2D eigenvalue weighted by Gasteiger charge is -2.30. The fourth-order valence-corrected chi connectivity index (χ4v) is 1.96. The highest BCUT2D eigenvalue weighted by Gasteiger charge is 2.15. The van der Waals surface area contributed by atoms with Crippen LogP contribution in [0.25, 0.3) is 0 Å². The van der Waals surface area contributed by atoms with Crippen molar-refractivity contribution in [3.05, 3.63) is 0 Å². The standard InChI is InChI=1S/C11H23N3O2/c1-10-9-14(7-8-16-10)6-4-2-3-5-11(15)13-12/h10H,2-9,12H2,1H3,(H,13,15). The van der Waals surface area contributed by atoms with Crippen molar-refractivity contribution < 1.29 is 9.53 Å². The molecule has 0 spiro atoms. The lowest BCUT2D eigenvalue weighted by atomic mass is 10.1. The van der Waals surface area contributed by atoms with Crippen molar-refractivity contribution >= 4 is 5.91 Å². The van der Waals surface area contributed by atoms with Crippen LogP contribution in [0, 0.1) is 0 Å². The van der Waals surface area contributed by atoms with E-state index >= 15 is 0 Å². The van der Waals surface area contributed by atoms with Crippen LogP contribution in [0.4, 0.5) is 0 Å². The summed E-state index contributed by atoms with van der Waals surface area (Å²) >= 11 is 0. The van der Waals surface area contributed by atoms with Gasteiger partial charge in [0.2, 0.25) is 5.91 Å². The Morgan fingerprint density at radius 2 is 2.31 bits per heavy atom. The molecule has 0 aromatic heterocycles. The summed E-state index contributed by atoms with van der Waals surface area (Å²) in [5, 5.41) is 0. The maximum Gasteiger partial charge on any atom is 0.233 e. The van der Waals surface area contributed by atoms with Crippen molar-refractivity contribution in [2.45, 2.75) is 38.7 Å². The van der Waals surface area contributed by atoms with Gasteiger partial charge >= 0.3 is 0 Å². The zero-order valence-electron chi connectivity index (χ0n) is 10.1. The number of ether oxygens (including phenoxy) is 1. The van der Waals surface area contributed by atoms with Gasteiger partial charge in [0.15, 0.2) is 0 Å². The normalized spacial score (nSPS) is 22.0. The molecule has 3 N–H and O–H groups in total. The summed E-state index contributed by atoms with van der Waals surface area (Å²) in [6.07, 6.45) is 4.04. The molecule has 0 aliphatic carbocycles. The van der Waals surface area contributed by atoms with E-state index < -0.39 is 0 Å². The number of rotatable bonds is 6. The lowest BCUT2D eigenvalue weighted by molar-refractivity contribution is -0.121. The average molecular weight is 229 g/mol. The van der Waals surface area contributed by atoms with Crippen LogP contribution in [-0.2, 0) is 9.53 Å². The second kappa shape index (κ2) is 7.60. The van der Waals surface area contributed by atoms with E-state index in [1.165, 1.54) is 0 Å². The molecule has 0 bridgehead atoms. The first-order valence-corrected chi connectivity index (χ1v) is 6.06. The molecule has 1 unspecified atom stereocenters. The molecule has 1 saturated heterocycles. The van der Waals surface area contributed by atoms with E-state index in [-0.39, 0.29) is 5.91 Å². The second-order valence-electron chi connectivity index (χ2n) is 4.36. The van der Waals surface area contributed by atoms with Gasteiger partial charge in [-0.25, -0.2) is 5.84 Å². The molecule has 1 aliphatic heterocycles. The van der Waals surface area contributed by atoms with Gasteiger partial charge in [-0.3, -0.25) is 15.1 Å². The third-order valence-corrected chi connectivity index (χ3v) is 2.86. The van der Waals surface area contributed by atoms with Gasteiger partial charge < -0.3 is 4.74 Å². The monoisotopic (exact) mass is 229 g/mol. The summed E-state index contributed by atoms with van der Waals surface area (Å²) < 4.78 is 5.47. The van der Waals surface area contributed by atoms with Crippen LogP contribution < -0.4 is 11.3 Å². The van der Waals surface area contributed by atoms with Gasteiger partial charge in [-0.1, -0.05) is 6.42 Å². The van der Waals surface area contributed by atoms with Crippen molar-refractivity contribution in [2.75, 3.05) is 26.2 Å².